The molecule has 3 heterocycles. The van der Waals surface area contributed by atoms with E-state index in [0.717, 1.165) is 103 Å². The maximum absolute atomic E-state index is 13.6. The van der Waals surface area contributed by atoms with Gasteiger partial charge in [0.05, 0.1) is 35.4 Å². The third-order valence-electron chi connectivity index (χ3n) is 20.2. The monoisotopic (exact) mass is 1420 g/mol. The van der Waals surface area contributed by atoms with Gasteiger partial charge in [0.2, 0.25) is 40.4 Å². The van der Waals surface area contributed by atoms with Crippen molar-refractivity contribution in [1.82, 2.24) is 15.0 Å². The molecule has 532 valence electrons. The average Bonchev–Trinajstić information content (AvgIpc) is 1.53. The summed E-state index contributed by atoms with van der Waals surface area (Å²) in [6, 6.07) is 63.2. The smallest absolute Gasteiger partial charge is 0.497 e. The van der Waals surface area contributed by atoms with Crippen LogP contribution in [0.2, 0.25) is 0 Å². The molecule has 18 nitrogen and oxygen atoms in total. The summed E-state index contributed by atoms with van der Waals surface area (Å²) in [6.45, 7) is 10.9. The molecule has 15 rings (SSSR count). The number of amides is 4. The molecule has 5 aliphatic rings. The van der Waals surface area contributed by atoms with Gasteiger partial charge in [-0.1, -0.05) is 111 Å². The van der Waals surface area contributed by atoms with Gasteiger partial charge in [-0.15, -0.1) is 8.78 Å². The van der Waals surface area contributed by atoms with E-state index in [4.69, 9.17) is 18.9 Å². The summed E-state index contributed by atoms with van der Waals surface area (Å²) in [7, 11) is 1.08. The quantitative estimate of drug-likeness (QED) is 0.0508. The maximum Gasteiger partial charge on any atom is 0.586 e. The number of hydrogen-bond acceptors (Lipinski definition) is 13. The second-order valence-corrected chi connectivity index (χ2v) is 29.1. The summed E-state index contributed by atoms with van der Waals surface area (Å²) < 4.78 is 83.7. The highest BCUT2D eigenvalue weighted by molar-refractivity contribution is 7.89. The third-order valence-corrected chi connectivity index (χ3v) is 21.6. The molecule has 3 fully saturated rings. The number of nitrogens with one attached hydrogen (secondary N) is 5. The Morgan fingerprint density at radius 2 is 1.02 bits per heavy atom. The summed E-state index contributed by atoms with van der Waals surface area (Å²) in [5, 5.41) is 12.2. The van der Waals surface area contributed by atoms with Crippen molar-refractivity contribution < 1.29 is 64.8 Å². The van der Waals surface area contributed by atoms with Crippen molar-refractivity contribution >= 4 is 50.7 Å². The Labute approximate surface area is 602 Å². The Morgan fingerprint density at radius 3 is 1.56 bits per heavy atom. The number of carbonyl (C=O) groups excluding carboxylic acids is 4. The van der Waals surface area contributed by atoms with Crippen molar-refractivity contribution in [1.29, 1.82) is 0 Å². The van der Waals surface area contributed by atoms with Crippen LogP contribution in [0.15, 0.2) is 217 Å². The van der Waals surface area contributed by atoms with E-state index in [1.165, 1.54) is 19.2 Å². The zero-order valence-electron chi connectivity index (χ0n) is 58.7. The van der Waals surface area contributed by atoms with E-state index in [1.54, 1.807) is 62.9 Å². The number of carbonyl (C=O) groups is 4. The molecule has 5 N–H and O–H groups in total. The molecule has 1 aromatic heterocycles. The summed E-state index contributed by atoms with van der Waals surface area (Å²) in [5.41, 5.74) is 13.0. The first kappa shape index (κ1) is 71.0. The van der Waals surface area contributed by atoms with Crippen LogP contribution in [-0.2, 0) is 47.2 Å². The van der Waals surface area contributed by atoms with Crippen molar-refractivity contribution in [3.8, 4) is 68.0 Å². The minimum atomic E-state index is -3.69. The molecule has 3 saturated carbocycles. The number of alkyl halides is 2. The van der Waals surface area contributed by atoms with Crippen LogP contribution < -0.4 is 54.4 Å². The topological polar surface area (TPSA) is 231 Å². The maximum atomic E-state index is 13.6. The minimum Gasteiger partial charge on any atom is -0.497 e. The van der Waals surface area contributed by atoms with Crippen LogP contribution in [0.25, 0.3) is 33.4 Å². The molecule has 0 saturated heterocycles. The van der Waals surface area contributed by atoms with Crippen LogP contribution in [0.1, 0.15) is 95.3 Å². The number of anilines is 3. The molecule has 10 aromatic rings. The van der Waals surface area contributed by atoms with Gasteiger partial charge in [-0.3, -0.25) is 19.2 Å². The fraction of sp³-hybridized carbons (Fsp3) is 0.241. The molecule has 0 spiro atoms. The molecule has 3 aliphatic carbocycles. The lowest BCUT2D eigenvalue weighted by Gasteiger charge is -2.21. The number of pyridine rings is 1. The Bertz CT molecular complexity index is 5070. The minimum absolute atomic E-state index is 0.00401. The Hall–Kier alpha value is -11.4. The number of sulfonamides is 1. The molecule has 0 bridgehead atoms. The van der Waals surface area contributed by atoms with E-state index >= 15 is 0 Å². The largest absolute Gasteiger partial charge is 0.586 e. The summed E-state index contributed by atoms with van der Waals surface area (Å²) in [5.74, 6) is 2.24. The zero-order chi connectivity index (χ0) is 73.3. The highest BCUT2D eigenvalue weighted by Crippen LogP contribution is 2.65. The number of hydrogen-bond donors (Lipinski definition) is 5. The fourth-order valence-electron chi connectivity index (χ4n) is 13.6. The summed E-state index contributed by atoms with van der Waals surface area (Å²) >= 11 is 0. The molecule has 9 aromatic carbocycles. The van der Waals surface area contributed by atoms with Gasteiger partial charge in [0.1, 0.15) is 5.75 Å². The zero-order valence-corrected chi connectivity index (χ0v) is 59.5. The van der Waals surface area contributed by atoms with Crippen LogP contribution >= 0.6 is 0 Å². The van der Waals surface area contributed by atoms with Gasteiger partial charge >= 0.3 is 6.29 Å². The number of ether oxygens (including phenoxy) is 6. The molecule has 2 aliphatic heterocycles. The predicted molar refractivity (Wildman–Crippen MR) is 394 cm³/mol. The Kier molecular flexibility index (Phi) is 19.4. The molecule has 1 unspecified atom stereocenters. The molecule has 4 amide bonds. The number of benzene rings is 9. The normalized spacial score (nSPS) is 16.7. The average molecular weight is 1420 g/mol. The molecular weight excluding hydrogens is 1340 g/mol. The first-order valence-corrected chi connectivity index (χ1v) is 35.5. The summed E-state index contributed by atoms with van der Waals surface area (Å²) in [4.78, 5) is 57.0. The standard InChI is InChI=1S/C32H28N2O4.C27H30N2O4S.C24H20F2N2O4/c1-21-7-13-26(34-31(36)32(15-16-32)25-12-14-28-29(17-25)38-20-37-28)18-27(21)23-10-8-22(9-11-23)19-33-30(35)24-5-3-2-4-6-24;1-18-6-11-21(16-24(18)19-7-14-23(15-8-19)34(31,32)28-4)29-25(30)27(17-26(27,2)3)20-9-12-22(33-5)13-10-20;1-14-5-7-16(13-18(14)17-4-3-11-27-21(17)30-2)28-22(29)23(9-10-23)15-6-8-19-20(12-15)32-24(25,26)31-19/h2-14,17-18H,15-16,19-20H2,1H3,(H,33,35)(H,34,36);6-16,28H,17H2,1-5H3,(H,29,30);3-8,11-13H,9-10H2,1-2H3,(H,28,29). The second-order valence-electron chi connectivity index (χ2n) is 27.2. The van der Waals surface area contributed by atoms with Gasteiger partial charge in [0.25, 0.3) is 5.91 Å². The Balaban J connectivity index is 0.000000139. The highest BCUT2D eigenvalue weighted by atomic mass is 32.2. The molecule has 0 radical (unpaired) electrons. The van der Waals surface area contributed by atoms with Crippen molar-refractivity contribution in [2.45, 2.75) is 101 Å². The van der Waals surface area contributed by atoms with Crippen molar-refractivity contribution in [2.24, 2.45) is 5.41 Å². The Morgan fingerprint density at radius 1 is 0.519 bits per heavy atom. The van der Waals surface area contributed by atoms with Gasteiger partial charge in [-0.05, 0) is 241 Å². The van der Waals surface area contributed by atoms with Gasteiger partial charge in [0, 0.05) is 40.9 Å². The van der Waals surface area contributed by atoms with Crippen LogP contribution in [0, 0.1) is 26.2 Å². The van der Waals surface area contributed by atoms with Gasteiger partial charge in [-0.2, -0.15) is 0 Å². The second kappa shape index (κ2) is 28.4. The molecular formula is C83H78F2N6O12S. The van der Waals surface area contributed by atoms with E-state index in [2.05, 4.69) is 61.2 Å². The van der Waals surface area contributed by atoms with Crippen molar-refractivity contribution in [3.63, 3.8) is 0 Å². The van der Waals surface area contributed by atoms with E-state index in [-0.39, 0.29) is 52.2 Å². The van der Waals surface area contributed by atoms with Crippen LogP contribution in [0.3, 0.4) is 0 Å². The number of methoxy groups -OCH3 is 2. The van der Waals surface area contributed by atoms with E-state index in [9.17, 15) is 36.4 Å². The fourth-order valence-corrected chi connectivity index (χ4v) is 14.3. The predicted octanol–water partition coefficient (Wildman–Crippen LogP) is 15.9. The molecule has 1 atom stereocenters. The molecule has 21 heteroatoms. The first-order chi connectivity index (χ1) is 49.9. The number of aromatic nitrogens is 1. The van der Waals surface area contributed by atoms with E-state index < -0.39 is 32.6 Å². The lowest BCUT2D eigenvalue weighted by molar-refractivity contribution is -0.286. The van der Waals surface area contributed by atoms with Crippen LogP contribution in [0.4, 0.5) is 25.8 Å². The molecule has 104 heavy (non-hydrogen) atoms. The lowest BCUT2D eigenvalue weighted by atomic mass is 9.86. The van der Waals surface area contributed by atoms with Gasteiger partial charge in [-0.25, -0.2) is 18.1 Å². The first-order valence-electron chi connectivity index (χ1n) is 34.0. The number of halogens is 2. The van der Waals surface area contributed by atoms with E-state index in [1.807, 2.05) is 166 Å². The lowest BCUT2D eigenvalue weighted by Crippen LogP contribution is -2.32. The SMILES string of the molecule is CNS(=O)(=O)c1ccc(-c2cc(NC(=O)C3(c4ccc(OC)cc4)CC3(C)C)ccc2C)cc1.COc1ncccc1-c1cc(NC(=O)C2(c3ccc4c(c3)OC(F)(F)O4)CC2)ccc1C.Cc1ccc(NC(=O)C2(c3ccc4c(c3)OCO4)CC2)cc1-c1ccc(CNC(=O)c2ccccc2)cc1. The van der Waals surface area contributed by atoms with Crippen molar-refractivity contribution in [2.75, 3.05) is 44.0 Å². The van der Waals surface area contributed by atoms with Crippen molar-refractivity contribution in [3.05, 3.63) is 257 Å². The number of aryl methyl sites for hydroxylation is 3. The third kappa shape index (κ3) is 14.5. The number of nitrogens with zero attached hydrogens (tertiary/aromatic N) is 1. The van der Waals surface area contributed by atoms with Gasteiger partial charge < -0.3 is 49.7 Å². The number of rotatable bonds is 19. The summed E-state index contributed by atoms with van der Waals surface area (Å²) in [6.07, 6.45) is 1.57. The highest BCUT2D eigenvalue weighted by Gasteiger charge is 2.67. The number of fused-ring (bicyclic) bond motifs is 2. The van der Waals surface area contributed by atoms with Gasteiger partial charge in [0.15, 0.2) is 23.0 Å². The van der Waals surface area contributed by atoms with E-state index in [0.29, 0.717) is 53.5 Å². The van der Waals surface area contributed by atoms with Crippen LogP contribution in [0.5, 0.6) is 34.6 Å². The van der Waals surface area contributed by atoms with Crippen LogP contribution in [-0.4, -0.2) is 71.4 Å².